The van der Waals surface area contributed by atoms with Crippen LogP contribution in [-0.4, -0.2) is 39.9 Å². The van der Waals surface area contributed by atoms with Gasteiger partial charge in [0.15, 0.2) is 0 Å². The molecular formula is C12H22N4. The Morgan fingerprint density at radius 3 is 3.00 bits per heavy atom. The Kier molecular flexibility index (Phi) is 3.61. The van der Waals surface area contributed by atoms with Crippen LogP contribution in [0, 0.1) is 0 Å². The predicted octanol–water partition coefficient (Wildman–Crippen LogP) is 0.992. The van der Waals surface area contributed by atoms with Gasteiger partial charge in [-0.1, -0.05) is 6.92 Å². The highest BCUT2D eigenvalue weighted by Crippen LogP contribution is 2.12. The summed E-state index contributed by atoms with van der Waals surface area (Å²) in [7, 11) is 1.97. The number of nitrogens with one attached hydrogen (secondary N) is 1. The highest BCUT2D eigenvalue weighted by molar-refractivity contribution is 5.04. The van der Waals surface area contributed by atoms with Gasteiger partial charge in [-0.2, -0.15) is 5.10 Å². The lowest BCUT2D eigenvalue weighted by Crippen LogP contribution is -2.54. The average molecular weight is 222 g/mol. The molecule has 1 aromatic heterocycles. The molecule has 2 unspecified atom stereocenters. The standard InChI is InChI=1S/C12H22N4/c1-4-12-9-16(10(2)5-13-12)8-11-6-14-15(3)7-11/h6-7,10,12-13H,4-5,8-9H2,1-3H3. The molecule has 1 fully saturated rings. The third-order valence-corrected chi connectivity index (χ3v) is 3.42. The molecule has 4 heteroatoms. The second-order valence-corrected chi connectivity index (χ2v) is 4.81. The lowest BCUT2D eigenvalue weighted by atomic mass is 10.1. The van der Waals surface area contributed by atoms with E-state index in [2.05, 4.69) is 35.4 Å². The van der Waals surface area contributed by atoms with Gasteiger partial charge >= 0.3 is 0 Å². The van der Waals surface area contributed by atoms with Crippen molar-refractivity contribution in [2.75, 3.05) is 13.1 Å². The maximum atomic E-state index is 4.22. The van der Waals surface area contributed by atoms with E-state index in [-0.39, 0.29) is 0 Å². The van der Waals surface area contributed by atoms with Gasteiger partial charge in [-0.15, -0.1) is 0 Å². The van der Waals surface area contributed by atoms with E-state index in [0.717, 1.165) is 19.6 Å². The molecule has 1 aromatic rings. The molecule has 2 heterocycles. The predicted molar refractivity (Wildman–Crippen MR) is 65.2 cm³/mol. The number of aryl methyl sites for hydroxylation is 1. The van der Waals surface area contributed by atoms with E-state index < -0.39 is 0 Å². The first kappa shape index (κ1) is 11.6. The van der Waals surface area contributed by atoms with Crippen LogP contribution in [0.15, 0.2) is 12.4 Å². The zero-order valence-electron chi connectivity index (χ0n) is 10.5. The van der Waals surface area contributed by atoms with E-state index in [1.807, 2.05) is 17.9 Å². The normalized spacial score (nSPS) is 27.2. The fraction of sp³-hybridized carbons (Fsp3) is 0.750. The third kappa shape index (κ3) is 2.62. The summed E-state index contributed by atoms with van der Waals surface area (Å²) >= 11 is 0. The Balaban J connectivity index is 1.96. The Morgan fingerprint density at radius 1 is 1.56 bits per heavy atom. The number of nitrogens with zero attached hydrogens (tertiary/aromatic N) is 3. The minimum absolute atomic E-state index is 0.614. The van der Waals surface area contributed by atoms with Crippen molar-refractivity contribution < 1.29 is 0 Å². The molecule has 0 saturated carbocycles. The summed E-state index contributed by atoms with van der Waals surface area (Å²) in [5.74, 6) is 0. The van der Waals surface area contributed by atoms with E-state index in [0.29, 0.717) is 12.1 Å². The van der Waals surface area contributed by atoms with Gasteiger partial charge in [0, 0.05) is 50.5 Å². The number of piperazine rings is 1. The molecule has 0 radical (unpaired) electrons. The Hall–Kier alpha value is -0.870. The molecule has 0 aliphatic carbocycles. The molecule has 1 aliphatic heterocycles. The summed E-state index contributed by atoms with van der Waals surface area (Å²) in [4.78, 5) is 2.54. The summed E-state index contributed by atoms with van der Waals surface area (Å²) < 4.78 is 1.87. The fourth-order valence-corrected chi connectivity index (χ4v) is 2.28. The average Bonchev–Trinajstić information content (AvgIpc) is 2.67. The molecule has 0 bridgehead atoms. The molecule has 1 aliphatic rings. The summed E-state index contributed by atoms with van der Waals surface area (Å²) in [6.45, 7) is 7.80. The number of hydrogen-bond acceptors (Lipinski definition) is 3. The molecular weight excluding hydrogens is 200 g/mol. The van der Waals surface area contributed by atoms with E-state index >= 15 is 0 Å². The van der Waals surface area contributed by atoms with Gasteiger partial charge in [-0.25, -0.2) is 0 Å². The van der Waals surface area contributed by atoms with E-state index in [1.165, 1.54) is 12.0 Å². The van der Waals surface area contributed by atoms with Gasteiger partial charge in [0.2, 0.25) is 0 Å². The minimum Gasteiger partial charge on any atom is -0.311 e. The summed E-state index contributed by atoms with van der Waals surface area (Å²) in [5, 5.41) is 7.80. The molecule has 2 atom stereocenters. The van der Waals surface area contributed by atoms with Crippen LogP contribution in [0.1, 0.15) is 25.8 Å². The van der Waals surface area contributed by atoms with Crippen LogP contribution in [0.4, 0.5) is 0 Å². The van der Waals surface area contributed by atoms with Gasteiger partial charge in [0.1, 0.15) is 0 Å². The Morgan fingerprint density at radius 2 is 2.38 bits per heavy atom. The minimum atomic E-state index is 0.614. The molecule has 0 aromatic carbocycles. The van der Waals surface area contributed by atoms with Crippen molar-refractivity contribution in [3.8, 4) is 0 Å². The van der Waals surface area contributed by atoms with Crippen LogP contribution < -0.4 is 5.32 Å². The summed E-state index contributed by atoms with van der Waals surface area (Å²) in [6.07, 6.45) is 5.28. The first-order valence-corrected chi connectivity index (χ1v) is 6.14. The second-order valence-electron chi connectivity index (χ2n) is 4.81. The highest BCUT2D eigenvalue weighted by Gasteiger charge is 2.23. The molecule has 4 nitrogen and oxygen atoms in total. The summed E-state index contributed by atoms with van der Waals surface area (Å²) in [5.41, 5.74) is 1.31. The molecule has 90 valence electrons. The van der Waals surface area contributed by atoms with Crippen LogP contribution in [-0.2, 0) is 13.6 Å². The maximum absolute atomic E-state index is 4.22. The van der Waals surface area contributed by atoms with Crippen LogP contribution in [0.25, 0.3) is 0 Å². The Labute approximate surface area is 97.6 Å². The first-order valence-electron chi connectivity index (χ1n) is 6.14. The van der Waals surface area contributed by atoms with Crippen molar-refractivity contribution in [1.29, 1.82) is 0 Å². The molecule has 2 rings (SSSR count). The molecule has 16 heavy (non-hydrogen) atoms. The van der Waals surface area contributed by atoms with Crippen LogP contribution >= 0.6 is 0 Å². The lowest BCUT2D eigenvalue weighted by molar-refractivity contribution is 0.131. The number of aromatic nitrogens is 2. The van der Waals surface area contributed by atoms with Gasteiger partial charge in [-0.3, -0.25) is 9.58 Å². The molecule has 0 amide bonds. The largest absolute Gasteiger partial charge is 0.311 e. The van der Waals surface area contributed by atoms with Crippen molar-refractivity contribution >= 4 is 0 Å². The smallest absolute Gasteiger partial charge is 0.0534 e. The zero-order valence-corrected chi connectivity index (χ0v) is 10.5. The van der Waals surface area contributed by atoms with E-state index in [9.17, 15) is 0 Å². The highest BCUT2D eigenvalue weighted by atomic mass is 15.3. The quantitative estimate of drug-likeness (QED) is 0.828. The summed E-state index contributed by atoms with van der Waals surface area (Å²) in [6, 6.07) is 1.26. The van der Waals surface area contributed by atoms with Crippen molar-refractivity contribution in [3.63, 3.8) is 0 Å². The van der Waals surface area contributed by atoms with Gasteiger partial charge in [-0.05, 0) is 13.3 Å². The zero-order chi connectivity index (χ0) is 11.5. The van der Waals surface area contributed by atoms with E-state index in [4.69, 9.17) is 0 Å². The van der Waals surface area contributed by atoms with Crippen LogP contribution in [0.2, 0.25) is 0 Å². The SMILES string of the molecule is CCC1CN(Cc2cnn(C)c2)C(C)CN1. The van der Waals surface area contributed by atoms with Crippen molar-refractivity contribution in [2.24, 2.45) is 7.05 Å². The molecule has 1 saturated heterocycles. The van der Waals surface area contributed by atoms with Crippen LogP contribution in [0.5, 0.6) is 0 Å². The Bertz CT molecular complexity index is 334. The second kappa shape index (κ2) is 4.97. The van der Waals surface area contributed by atoms with Crippen LogP contribution in [0.3, 0.4) is 0 Å². The lowest BCUT2D eigenvalue weighted by Gasteiger charge is -2.38. The third-order valence-electron chi connectivity index (χ3n) is 3.42. The van der Waals surface area contributed by atoms with Gasteiger partial charge in [0.25, 0.3) is 0 Å². The topological polar surface area (TPSA) is 33.1 Å². The van der Waals surface area contributed by atoms with E-state index in [1.54, 1.807) is 0 Å². The number of rotatable bonds is 3. The van der Waals surface area contributed by atoms with Gasteiger partial charge < -0.3 is 5.32 Å². The van der Waals surface area contributed by atoms with Crippen molar-refractivity contribution in [2.45, 2.75) is 38.9 Å². The fourth-order valence-electron chi connectivity index (χ4n) is 2.28. The maximum Gasteiger partial charge on any atom is 0.0534 e. The van der Waals surface area contributed by atoms with Gasteiger partial charge in [0.05, 0.1) is 6.20 Å². The molecule has 0 spiro atoms. The number of hydrogen-bond donors (Lipinski definition) is 1. The monoisotopic (exact) mass is 222 g/mol. The van der Waals surface area contributed by atoms with Crippen molar-refractivity contribution in [3.05, 3.63) is 18.0 Å². The van der Waals surface area contributed by atoms with Crippen molar-refractivity contribution in [1.82, 2.24) is 20.0 Å². The first-order chi connectivity index (χ1) is 7.69. The molecule has 1 N–H and O–H groups in total.